The van der Waals surface area contributed by atoms with Gasteiger partial charge in [-0.05, 0) is 30.0 Å². The second-order valence-corrected chi connectivity index (χ2v) is 6.19. The largest absolute Gasteiger partial charge is 0.476 e. The molecule has 0 bridgehead atoms. The molecule has 3 rings (SSSR count). The number of halogens is 1. The van der Waals surface area contributed by atoms with E-state index < -0.39 is 5.97 Å². The lowest BCUT2D eigenvalue weighted by atomic mass is 10.1. The van der Waals surface area contributed by atoms with Crippen molar-refractivity contribution in [1.29, 1.82) is 0 Å². The molecule has 0 radical (unpaired) electrons. The van der Waals surface area contributed by atoms with E-state index in [-0.39, 0.29) is 11.5 Å². The summed E-state index contributed by atoms with van der Waals surface area (Å²) in [6.07, 6.45) is 0. The Morgan fingerprint density at radius 3 is 2.81 bits per heavy atom. The van der Waals surface area contributed by atoms with Crippen LogP contribution in [0.1, 0.15) is 16.1 Å². The standard InChI is InChI=1S/C15H10BrNO3S/c1-8-9(4-2-5-10(8)16)13-12(15(18)19)17-14(20-13)11-6-3-7-21-11/h2-7H,1H3,(H,18,19). The molecule has 0 unspecified atom stereocenters. The third-order valence-corrected chi connectivity index (χ3v) is 4.79. The predicted molar refractivity (Wildman–Crippen MR) is 84.6 cm³/mol. The van der Waals surface area contributed by atoms with Gasteiger partial charge in [0, 0.05) is 10.0 Å². The molecule has 1 aromatic carbocycles. The predicted octanol–water partition coefficient (Wildman–Crippen LogP) is 4.84. The van der Waals surface area contributed by atoms with Crippen molar-refractivity contribution in [2.75, 3.05) is 0 Å². The van der Waals surface area contributed by atoms with E-state index in [1.807, 2.05) is 42.6 Å². The van der Waals surface area contributed by atoms with E-state index in [0.717, 1.165) is 20.5 Å². The second-order valence-electron chi connectivity index (χ2n) is 4.39. The molecule has 0 spiro atoms. The molecule has 0 aliphatic heterocycles. The lowest BCUT2D eigenvalue weighted by molar-refractivity contribution is 0.0691. The number of thiophene rings is 1. The fourth-order valence-corrected chi connectivity index (χ4v) is 3.02. The van der Waals surface area contributed by atoms with Crippen LogP contribution in [0.15, 0.2) is 44.6 Å². The first-order chi connectivity index (χ1) is 10.1. The molecule has 2 aromatic heterocycles. The van der Waals surface area contributed by atoms with Gasteiger partial charge in [0.1, 0.15) is 0 Å². The van der Waals surface area contributed by atoms with Crippen molar-refractivity contribution in [1.82, 2.24) is 4.98 Å². The van der Waals surface area contributed by atoms with Crippen LogP contribution in [0.4, 0.5) is 0 Å². The summed E-state index contributed by atoms with van der Waals surface area (Å²) in [6.45, 7) is 1.90. The highest BCUT2D eigenvalue weighted by Gasteiger charge is 2.23. The van der Waals surface area contributed by atoms with Crippen LogP contribution in [0.5, 0.6) is 0 Å². The summed E-state index contributed by atoms with van der Waals surface area (Å²) < 4.78 is 6.63. The second kappa shape index (κ2) is 5.46. The summed E-state index contributed by atoms with van der Waals surface area (Å²) in [7, 11) is 0. The van der Waals surface area contributed by atoms with Crippen LogP contribution < -0.4 is 0 Å². The molecule has 0 amide bonds. The van der Waals surface area contributed by atoms with Crippen LogP contribution in [-0.2, 0) is 0 Å². The molecular formula is C15H10BrNO3S. The Kier molecular flexibility index (Phi) is 3.65. The Morgan fingerprint density at radius 2 is 2.14 bits per heavy atom. The zero-order valence-electron chi connectivity index (χ0n) is 11.0. The van der Waals surface area contributed by atoms with Gasteiger partial charge in [-0.2, -0.15) is 0 Å². The van der Waals surface area contributed by atoms with Crippen molar-refractivity contribution < 1.29 is 14.3 Å². The zero-order chi connectivity index (χ0) is 15.0. The van der Waals surface area contributed by atoms with Crippen LogP contribution in [0.25, 0.3) is 22.1 Å². The van der Waals surface area contributed by atoms with Gasteiger partial charge in [-0.15, -0.1) is 11.3 Å². The molecule has 4 nitrogen and oxygen atoms in total. The summed E-state index contributed by atoms with van der Waals surface area (Å²) in [6, 6.07) is 9.28. The Bertz CT molecular complexity index is 808. The van der Waals surface area contributed by atoms with Crippen LogP contribution in [0, 0.1) is 6.92 Å². The molecule has 3 aromatic rings. The first kappa shape index (κ1) is 14.0. The van der Waals surface area contributed by atoms with Crippen LogP contribution in [0.3, 0.4) is 0 Å². The molecule has 0 fully saturated rings. The lowest BCUT2D eigenvalue weighted by Crippen LogP contribution is -1.99. The monoisotopic (exact) mass is 363 g/mol. The maximum Gasteiger partial charge on any atom is 0.358 e. The lowest BCUT2D eigenvalue weighted by Gasteiger charge is -2.04. The molecule has 1 N–H and O–H groups in total. The molecule has 6 heteroatoms. The van der Waals surface area contributed by atoms with Crippen molar-refractivity contribution >= 4 is 33.2 Å². The summed E-state index contributed by atoms with van der Waals surface area (Å²) in [5, 5.41) is 11.3. The van der Waals surface area contributed by atoms with E-state index in [0.29, 0.717) is 5.89 Å². The number of nitrogens with zero attached hydrogens (tertiary/aromatic N) is 1. The minimum Gasteiger partial charge on any atom is -0.476 e. The Balaban J connectivity index is 2.22. The molecule has 21 heavy (non-hydrogen) atoms. The maximum atomic E-state index is 11.4. The van der Waals surface area contributed by atoms with Crippen LogP contribution in [-0.4, -0.2) is 16.1 Å². The number of aromatic nitrogens is 1. The Labute approximate surface area is 133 Å². The van der Waals surface area contributed by atoms with Crippen LogP contribution in [0.2, 0.25) is 0 Å². The number of rotatable bonds is 3. The van der Waals surface area contributed by atoms with Gasteiger partial charge < -0.3 is 9.52 Å². The van der Waals surface area contributed by atoms with Crippen molar-refractivity contribution in [3.05, 3.63) is 51.4 Å². The molecule has 0 saturated heterocycles. The first-order valence-electron chi connectivity index (χ1n) is 6.11. The van der Waals surface area contributed by atoms with Gasteiger partial charge in [0.15, 0.2) is 11.5 Å². The minimum atomic E-state index is -1.10. The topological polar surface area (TPSA) is 63.3 Å². The van der Waals surface area contributed by atoms with Crippen molar-refractivity contribution in [2.24, 2.45) is 0 Å². The molecular weight excluding hydrogens is 354 g/mol. The third-order valence-electron chi connectivity index (χ3n) is 3.07. The number of hydrogen-bond donors (Lipinski definition) is 1. The fourth-order valence-electron chi connectivity index (χ4n) is 2.01. The summed E-state index contributed by atoms with van der Waals surface area (Å²) in [4.78, 5) is 16.4. The number of carboxylic acids is 1. The highest BCUT2D eigenvalue weighted by Crippen LogP contribution is 2.35. The normalized spacial score (nSPS) is 10.8. The number of aromatic carboxylic acids is 1. The van der Waals surface area contributed by atoms with E-state index in [9.17, 15) is 9.90 Å². The van der Waals surface area contributed by atoms with Crippen LogP contribution >= 0.6 is 27.3 Å². The van der Waals surface area contributed by atoms with Gasteiger partial charge in [-0.3, -0.25) is 0 Å². The Morgan fingerprint density at radius 1 is 1.33 bits per heavy atom. The third kappa shape index (κ3) is 2.52. The van der Waals surface area contributed by atoms with E-state index in [2.05, 4.69) is 20.9 Å². The van der Waals surface area contributed by atoms with E-state index in [4.69, 9.17) is 4.42 Å². The summed E-state index contributed by atoms with van der Waals surface area (Å²) in [5.41, 5.74) is 1.56. The SMILES string of the molecule is Cc1c(Br)cccc1-c1oc(-c2cccs2)nc1C(=O)O. The maximum absolute atomic E-state index is 11.4. The van der Waals surface area contributed by atoms with Crippen molar-refractivity contribution in [3.63, 3.8) is 0 Å². The van der Waals surface area contributed by atoms with Gasteiger partial charge in [0.25, 0.3) is 0 Å². The number of hydrogen-bond acceptors (Lipinski definition) is 4. The number of oxazole rings is 1. The van der Waals surface area contributed by atoms with Crippen molar-refractivity contribution in [2.45, 2.75) is 6.92 Å². The average molecular weight is 364 g/mol. The highest BCUT2D eigenvalue weighted by molar-refractivity contribution is 9.10. The zero-order valence-corrected chi connectivity index (χ0v) is 13.4. The fraction of sp³-hybridized carbons (Fsp3) is 0.0667. The quantitative estimate of drug-likeness (QED) is 0.722. The van der Waals surface area contributed by atoms with Crippen molar-refractivity contribution in [3.8, 4) is 22.1 Å². The molecule has 0 aliphatic rings. The van der Waals surface area contributed by atoms with E-state index in [1.54, 1.807) is 0 Å². The highest BCUT2D eigenvalue weighted by atomic mass is 79.9. The number of benzene rings is 1. The minimum absolute atomic E-state index is 0.0698. The molecule has 0 saturated carbocycles. The summed E-state index contributed by atoms with van der Waals surface area (Å²) in [5.74, 6) is -0.489. The van der Waals surface area contributed by atoms with E-state index in [1.165, 1.54) is 11.3 Å². The summed E-state index contributed by atoms with van der Waals surface area (Å²) >= 11 is 4.90. The van der Waals surface area contributed by atoms with Gasteiger partial charge in [-0.25, -0.2) is 9.78 Å². The van der Waals surface area contributed by atoms with Gasteiger partial charge in [0.2, 0.25) is 5.89 Å². The van der Waals surface area contributed by atoms with Gasteiger partial charge >= 0.3 is 5.97 Å². The first-order valence-corrected chi connectivity index (χ1v) is 7.78. The smallest absolute Gasteiger partial charge is 0.358 e. The average Bonchev–Trinajstić information content (AvgIpc) is 3.09. The number of carboxylic acid groups (broad SMARTS) is 1. The van der Waals surface area contributed by atoms with Gasteiger partial charge in [0.05, 0.1) is 4.88 Å². The van der Waals surface area contributed by atoms with Gasteiger partial charge in [-0.1, -0.05) is 34.1 Å². The Hall–Kier alpha value is -1.92. The number of carbonyl (C=O) groups is 1. The molecule has 106 valence electrons. The molecule has 0 atom stereocenters. The molecule has 0 aliphatic carbocycles. The molecule has 2 heterocycles. The van der Waals surface area contributed by atoms with E-state index >= 15 is 0 Å².